The quantitative estimate of drug-likeness (QED) is 0.723. The summed E-state index contributed by atoms with van der Waals surface area (Å²) >= 11 is 0. The van der Waals surface area contributed by atoms with Crippen LogP contribution in [0.3, 0.4) is 0 Å². The van der Waals surface area contributed by atoms with Crippen molar-refractivity contribution in [1.29, 1.82) is 0 Å². The van der Waals surface area contributed by atoms with Gasteiger partial charge in [0.15, 0.2) is 5.82 Å². The van der Waals surface area contributed by atoms with Gasteiger partial charge in [0, 0.05) is 13.2 Å². The highest BCUT2D eigenvalue weighted by molar-refractivity contribution is 5.22. The topological polar surface area (TPSA) is 58.0 Å². The molecule has 0 spiro atoms. The molecule has 1 heterocycles. The van der Waals surface area contributed by atoms with Crippen LogP contribution in [0.15, 0.2) is 12.4 Å². The summed E-state index contributed by atoms with van der Waals surface area (Å²) in [6.45, 7) is 2.56. The van der Waals surface area contributed by atoms with Crippen LogP contribution in [-0.4, -0.2) is 28.2 Å². The zero-order chi connectivity index (χ0) is 9.68. The minimum absolute atomic E-state index is 0.105. The van der Waals surface area contributed by atoms with Crippen molar-refractivity contribution in [3.63, 3.8) is 0 Å². The highest BCUT2D eigenvalue weighted by atomic mass is 19.1. The van der Waals surface area contributed by atoms with Gasteiger partial charge in [-0.2, -0.15) is 0 Å². The molecule has 0 bridgehead atoms. The predicted octanol–water partition coefficient (Wildman–Crippen LogP) is 0.656. The molecule has 2 N–H and O–H groups in total. The lowest BCUT2D eigenvalue weighted by Gasteiger charge is -2.08. The molecular formula is C8H12FN3O. The molecular weight excluding hydrogens is 173 g/mol. The van der Waals surface area contributed by atoms with E-state index in [2.05, 4.69) is 15.3 Å². The van der Waals surface area contributed by atoms with Gasteiger partial charge in [0.1, 0.15) is 0 Å². The van der Waals surface area contributed by atoms with Crippen molar-refractivity contribution in [2.75, 3.05) is 18.5 Å². The van der Waals surface area contributed by atoms with E-state index in [1.165, 1.54) is 0 Å². The van der Waals surface area contributed by atoms with E-state index >= 15 is 0 Å². The smallest absolute Gasteiger partial charge is 0.222 e. The second kappa shape index (κ2) is 4.71. The summed E-state index contributed by atoms with van der Waals surface area (Å²) in [5, 5.41) is 11.6. The third-order valence-electron chi connectivity index (χ3n) is 1.54. The van der Waals surface area contributed by atoms with Crippen LogP contribution in [0.25, 0.3) is 0 Å². The van der Waals surface area contributed by atoms with Crippen LogP contribution in [0.4, 0.5) is 10.3 Å². The monoisotopic (exact) mass is 185 g/mol. The van der Waals surface area contributed by atoms with Crippen LogP contribution in [-0.2, 0) is 0 Å². The van der Waals surface area contributed by atoms with E-state index in [4.69, 9.17) is 5.11 Å². The van der Waals surface area contributed by atoms with E-state index in [-0.39, 0.29) is 12.5 Å². The molecule has 0 aliphatic rings. The Morgan fingerprint density at radius 2 is 2.15 bits per heavy atom. The zero-order valence-electron chi connectivity index (χ0n) is 7.37. The Kier molecular flexibility index (Phi) is 3.57. The Morgan fingerprint density at radius 1 is 1.54 bits per heavy atom. The van der Waals surface area contributed by atoms with Gasteiger partial charge in [-0.05, 0) is 5.92 Å². The van der Waals surface area contributed by atoms with Crippen molar-refractivity contribution in [3.8, 4) is 0 Å². The standard InChI is InChI=1S/C8H12FN3O/c1-6(5-13)2-10-8-11-3-7(9)4-12-8/h3-4,6,13H,2,5H2,1H3,(H,10,11,12). The van der Waals surface area contributed by atoms with Crippen molar-refractivity contribution >= 4 is 5.95 Å². The van der Waals surface area contributed by atoms with Gasteiger partial charge in [0.05, 0.1) is 12.4 Å². The molecule has 0 aliphatic carbocycles. The fraction of sp³-hybridized carbons (Fsp3) is 0.500. The van der Waals surface area contributed by atoms with Gasteiger partial charge < -0.3 is 10.4 Å². The molecule has 0 aliphatic heterocycles. The highest BCUT2D eigenvalue weighted by Gasteiger charge is 2.00. The second-order valence-electron chi connectivity index (χ2n) is 2.89. The van der Waals surface area contributed by atoms with Gasteiger partial charge in [0.25, 0.3) is 0 Å². The van der Waals surface area contributed by atoms with Crippen molar-refractivity contribution in [3.05, 3.63) is 18.2 Å². The first-order valence-electron chi connectivity index (χ1n) is 4.04. The number of nitrogens with one attached hydrogen (secondary N) is 1. The number of rotatable bonds is 4. The van der Waals surface area contributed by atoms with Crippen LogP contribution >= 0.6 is 0 Å². The third-order valence-corrected chi connectivity index (χ3v) is 1.54. The number of hydrogen-bond acceptors (Lipinski definition) is 4. The number of anilines is 1. The molecule has 0 amide bonds. The summed E-state index contributed by atoms with van der Waals surface area (Å²) in [7, 11) is 0. The molecule has 0 saturated heterocycles. The van der Waals surface area contributed by atoms with Gasteiger partial charge in [-0.1, -0.05) is 6.92 Å². The van der Waals surface area contributed by atoms with Gasteiger partial charge in [-0.15, -0.1) is 0 Å². The van der Waals surface area contributed by atoms with E-state index in [1.807, 2.05) is 6.92 Å². The minimum atomic E-state index is -0.458. The van der Waals surface area contributed by atoms with Gasteiger partial charge in [0.2, 0.25) is 5.95 Å². The highest BCUT2D eigenvalue weighted by Crippen LogP contribution is 2.00. The SMILES string of the molecule is CC(CO)CNc1ncc(F)cn1. The Labute approximate surface area is 75.8 Å². The molecule has 1 atom stereocenters. The first kappa shape index (κ1) is 9.85. The number of aromatic nitrogens is 2. The van der Waals surface area contributed by atoms with Crippen LogP contribution in [0.5, 0.6) is 0 Å². The maximum absolute atomic E-state index is 12.4. The Morgan fingerprint density at radius 3 is 2.69 bits per heavy atom. The number of hydrogen-bond donors (Lipinski definition) is 2. The number of aliphatic hydroxyl groups excluding tert-OH is 1. The molecule has 0 fully saturated rings. The number of aliphatic hydroxyl groups is 1. The largest absolute Gasteiger partial charge is 0.396 e. The average molecular weight is 185 g/mol. The molecule has 4 nitrogen and oxygen atoms in total. The lowest BCUT2D eigenvalue weighted by atomic mass is 10.2. The molecule has 0 saturated carbocycles. The molecule has 72 valence electrons. The van der Waals surface area contributed by atoms with Gasteiger partial charge >= 0.3 is 0 Å². The molecule has 1 unspecified atom stereocenters. The van der Waals surface area contributed by atoms with Crippen LogP contribution in [0, 0.1) is 11.7 Å². The normalized spacial score (nSPS) is 12.5. The van der Waals surface area contributed by atoms with Crippen molar-refractivity contribution < 1.29 is 9.50 Å². The molecule has 0 aromatic carbocycles. The molecule has 1 rings (SSSR count). The summed E-state index contributed by atoms with van der Waals surface area (Å²) in [6.07, 6.45) is 2.19. The van der Waals surface area contributed by atoms with E-state index in [9.17, 15) is 4.39 Å². The minimum Gasteiger partial charge on any atom is -0.396 e. The zero-order valence-corrected chi connectivity index (χ0v) is 7.37. The lowest BCUT2D eigenvalue weighted by molar-refractivity contribution is 0.244. The molecule has 13 heavy (non-hydrogen) atoms. The first-order chi connectivity index (χ1) is 6.22. The van der Waals surface area contributed by atoms with E-state index in [1.54, 1.807) is 0 Å². The van der Waals surface area contributed by atoms with E-state index in [0.29, 0.717) is 12.5 Å². The summed E-state index contributed by atoms with van der Waals surface area (Å²) < 4.78 is 12.4. The Hall–Kier alpha value is -1.23. The van der Waals surface area contributed by atoms with Gasteiger partial charge in [-0.25, -0.2) is 14.4 Å². The Balaban J connectivity index is 2.41. The molecule has 1 aromatic rings. The van der Waals surface area contributed by atoms with Crippen molar-refractivity contribution in [2.45, 2.75) is 6.92 Å². The summed E-state index contributed by atoms with van der Waals surface area (Å²) in [6, 6.07) is 0. The second-order valence-corrected chi connectivity index (χ2v) is 2.89. The fourth-order valence-corrected chi connectivity index (χ4v) is 0.734. The van der Waals surface area contributed by atoms with Crippen LogP contribution < -0.4 is 5.32 Å². The molecule has 5 heteroatoms. The third kappa shape index (κ3) is 3.33. The van der Waals surface area contributed by atoms with E-state index in [0.717, 1.165) is 12.4 Å². The predicted molar refractivity (Wildman–Crippen MR) is 46.7 cm³/mol. The summed E-state index contributed by atoms with van der Waals surface area (Å²) in [5.41, 5.74) is 0. The molecule has 1 aromatic heterocycles. The number of halogens is 1. The number of nitrogens with zero attached hydrogens (tertiary/aromatic N) is 2. The average Bonchev–Trinajstić information content (AvgIpc) is 2.16. The van der Waals surface area contributed by atoms with Crippen LogP contribution in [0.1, 0.15) is 6.92 Å². The fourth-order valence-electron chi connectivity index (χ4n) is 0.734. The van der Waals surface area contributed by atoms with Crippen molar-refractivity contribution in [2.24, 2.45) is 5.92 Å². The Bertz CT molecular complexity index is 252. The lowest BCUT2D eigenvalue weighted by Crippen LogP contribution is -2.15. The summed E-state index contributed by atoms with van der Waals surface area (Å²) in [4.78, 5) is 7.41. The van der Waals surface area contributed by atoms with Crippen molar-refractivity contribution in [1.82, 2.24) is 9.97 Å². The van der Waals surface area contributed by atoms with Gasteiger partial charge in [-0.3, -0.25) is 0 Å². The maximum Gasteiger partial charge on any atom is 0.222 e. The van der Waals surface area contributed by atoms with E-state index < -0.39 is 5.82 Å². The molecule has 0 radical (unpaired) electrons. The summed E-state index contributed by atoms with van der Waals surface area (Å²) in [5.74, 6) is 0.0520. The maximum atomic E-state index is 12.4. The van der Waals surface area contributed by atoms with Crippen LogP contribution in [0.2, 0.25) is 0 Å². The first-order valence-corrected chi connectivity index (χ1v) is 4.04.